The highest BCUT2D eigenvalue weighted by Gasteiger charge is 2.29. The lowest BCUT2D eigenvalue weighted by Gasteiger charge is -2.36. The molecule has 0 amide bonds. The van der Waals surface area contributed by atoms with Gasteiger partial charge in [0, 0.05) is 12.6 Å². The molecule has 0 aromatic heterocycles. The van der Waals surface area contributed by atoms with Crippen molar-refractivity contribution in [2.45, 2.75) is 83.8 Å². The Balaban J connectivity index is 1.81. The van der Waals surface area contributed by atoms with Gasteiger partial charge in [0.25, 0.3) is 0 Å². The molecule has 1 saturated heterocycles. The van der Waals surface area contributed by atoms with Gasteiger partial charge in [-0.2, -0.15) is 0 Å². The summed E-state index contributed by atoms with van der Waals surface area (Å²) in [6.07, 6.45) is 12.8. The summed E-state index contributed by atoms with van der Waals surface area (Å²) in [5, 5.41) is 3.75. The van der Waals surface area contributed by atoms with Crippen LogP contribution in [0.3, 0.4) is 0 Å². The fourth-order valence-corrected chi connectivity index (χ4v) is 3.98. The zero-order chi connectivity index (χ0) is 13.5. The van der Waals surface area contributed by atoms with E-state index in [0.29, 0.717) is 12.1 Å². The van der Waals surface area contributed by atoms with Crippen LogP contribution in [0.15, 0.2) is 0 Å². The molecule has 2 nitrogen and oxygen atoms in total. The highest BCUT2D eigenvalue weighted by atomic mass is 16.5. The van der Waals surface area contributed by atoms with Crippen LogP contribution >= 0.6 is 0 Å². The number of rotatable bonds is 6. The van der Waals surface area contributed by atoms with Crippen LogP contribution < -0.4 is 5.32 Å². The van der Waals surface area contributed by atoms with Gasteiger partial charge in [-0.1, -0.05) is 33.1 Å². The van der Waals surface area contributed by atoms with Gasteiger partial charge >= 0.3 is 0 Å². The van der Waals surface area contributed by atoms with Crippen LogP contribution in [0.1, 0.15) is 71.6 Å². The second kappa shape index (κ2) is 8.26. The van der Waals surface area contributed by atoms with Gasteiger partial charge in [-0.05, 0) is 56.9 Å². The van der Waals surface area contributed by atoms with Crippen LogP contribution in [-0.2, 0) is 4.74 Å². The molecule has 0 spiro atoms. The lowest BCUT2D eigenvalue weighted by atomic mass is 9.76. The Kier molecular flexibility index (Phi) is 6.66. The summed E-state index contributed by atoms with van der Waals surface area (Å²) < 4.78 is 5.95. The molecule has 2 rings (SSSR count). The summed E-state index contributed by atoms with van der Waals surface area (Å²) in [5.74, 6) is 1.90. The molecule has 0 radical (unpaired) electrons. The Labute approximate surface area is 119 Å². The maximum atomic E-state index is 5.95. The minimum absolute atomic E-state index is 0.529. The van der Waals surface area contributed by atoms with Gasteiger partial charge < -0.3 is 10.1 Å². The second-order valence-electron chi connectivity index (χ2n) is 6.58. The average molecular weight is 267 g/mol. The summed E-state index contributed by atoms with van der Waals surface area (Å²) in [5.41, 5.74) is 0. The second-order valence-corrected chi connectivity index (χ2v) is 6.58. The Morgan fingerprint density at radius 1 is 1.05 bits per heavy atom. The summed E-state index contributed by atoms with van der Waals surface area (Å²) in [7, 11) is 0. The largest absolute Gasteiger partial charge is 0.378 e. The molecule has 2 fully saturated rings. The monoisotopic (exact) mass is 267 g/mol. The molecule has 19 heavy (non-hydrogen) atoms. The summed E-state index contributed by atoms with van der Waals surface area (Å²) in [4.78, 5) is 0. The minimum atomic E-state index is 0.529. The SMILES string of the molecule is CCNC(CC1CCCCO1)C1CCC(CC)CC1. The van der Waals surface area contributed by atoms with E-state index in [2.05, 4.69) is 19.2 Å². The van der Waals surface area contributed by atoms with Gasteiger partial charge in [0.2, 0.25) is 0 Å². The van der Waals surface area contributed by atoms with Crippen molar-refractivity contribution in [3.63, 3.8) is 0 Å². The van der Waals surface area contributed by atoms with Crippen LogP contribution in [0.2, 0.25) is 0 Å². The third-order valence-corrected chi connectivity index (χ3v) is 5.29. The molecule has 112 valence electrons. The van der Waals surface area contributed by atoms with E-state index in [1.54, 1.807) is 0 Å². The van der Waals surface area contributed by atoms with E-state index in [-0.39, 0.29) is 0 Å². The molecule has 0 bridgehead atoms. The van der Waals surface area contributed by atoms with E-state index < -0.39 is 0 Å². The van der Waals surface area contributed by atoms with Gasteiger partial charge in [-0.25, -0.2) is 0 Å². The first kappa shape index (κ1) is 15.3. The topological polar surface area (TPSA) is 21.3 Å². The van der Waals surface area contributed by atoms with Crippen molar-refractivity contribution in [3.8, 4) is 0 Å². The Morgan fingerprint density at radius 2 is 1.84 bits per heavy atom. The van der Waals surface area contributed by atoms with Crippen molar-refractivity contribution in [3.05, 3.63) is 0 Å². The molecular weight excluding hydrogens is 234 g/mol. The van der Waals surface area contributed by atoms with Gasteiger partial charge in [0.15, 0.2) is 0 Å². The van der Waals surface area contributed by atoms with Gasteiger partial charge in [0.05, 0.1) is 6.10 Å². The average Bonchev–Trinajstić information content (AvgIpc) is 2.48. The van der Waals surface area contributed by atoms with E-state index in [4.69, 9.17) is 4.74 Å². The van der Waals surface area contributed by atoms with Crippen LogP contribution in [0.4, 0.5) is 0 Å². The van der Waals surface area contributed by atoms with Gasteiger partial charge in [0.1, 0.15) is 0 Å². The number of ether oxygens (including phenoxy) is 1. The molecule has 1 heterocycles. The van der Waals surface area contributed by atoms with Crippen molar-refractivity contribution in [2.24, 2.45) is 11.8 Å². The van der Waals surface area contributed by atoms with Crippen molar-refractivity contribution in [2.75, 3.05) is 13.2 Å². The minimum Gasteiger partial charge on any atom is -0.378 e. The fraction of sp³-hybridized carbons (Fsp3) is 1.00. The quantitative estimate of drug-likeness (QED) is 0.781. The highest BCUT2D eigenvalue weighted by molar-refractivity contribution is 4.84. The summed E-state index contributed by atoms with van der Waals surface area (Å²) in [6.45, 7) is 6.69. The van der Waals surface area contributed by atoms with Gasteiger partial charge in [-0.3, -0.25) is 0 Å². The van der Waals surface area contributed by atoms with Crippen molar-refractivity contribution in [1.29, 1.82) is 0 Å². The van der Waals surface area contributed by atoms with Crippen molar-refractivity contribution < 1.29 is 4.74 Å². The first-order valence-electron chi connectivity index (χ1n) is 8.68. The first-order chi connectivity index (χ1) is 9.33. The lowest BCUT2D eigenvalue weighted by molar-refractivity contribution is -0.000978. The third-order valence-electron chi connectivity index (χ3n) is 5.29. The normalized spacial score (nSPS) is 34.1. The van der Waals surface area contributed by atoms with E-state index in [9.17, 15) is 0 Å². The molecule has 1 saturated carbocycles. The number of hydrogen-bond acceptors (Lipinski definition) is 2. The third kappa shape index (κ3) is 4.75. The van der Waals surface area contributed by atoms with Crippen LogP contribution in [-0.4, -0.2) is 25.3 Å². The molecule has 2 unspecified atom stereocenters. The van der Waals surface area contributed by atoms with E-state index >= 15 is 0 Å². The maximum Gasteiger partial charge on any atom is 0.0590 e. The number of hydrogen-bond donors (Lipinski definition) is 1. The zero-order valence-electron chi connectivity index (χ0n) is 13.0. The van der Waals surface area contributed by atoms with Crippen LogP contribution in [0.5, 0.6) is 0 Å². The standard InChI is InChI=1S/C17H33NO/c1-3-14-8-10-15(11-9-14)17(18-4-2)13-16-7-5-6-12-19-16/h14-18H,3-13H2,1-2H3. The molecule has 1 N–H and O–H groups in total. The molecule has 1 aliphatic heterocycles. The molecule has 2 aliphatic rings. The molecule has 0 aromatic rings. The van der Waals surface area contributed by atoms with E-state index in [1.165, 1.54) is 57.8 Å². The van der Waals surface area contributed by atoms with Gasteiger partial charge in [-0.15, -0.1) is 0 Å². The Hall–Kier alpha value is -0.0800. The lowest BCUT2D eigenvalue weighted by Crippen LogP contribution is -2.41. The zero-order valence-corrected chi connectivity index (χ0v) is 13.0. The molecule has 0 aromatic carbocycles. The first-order valence-corrected chi connectivity index (χ1v) is 8.68. The molecule has 2 atom stereocenters. The van der Waals surface area contributed by atoms with E-state index in [1.807, 2.05) is 0 Å². The smallest absolute Gasteiger partial charge is 0.0590 e. The Morgan fingerprint density at radius 3 is 2.42 bits per heavy atom. The molecule has 2 heteroatoms. The summed E-state index contributed by atoms with van der Waals surface area (Å²) in [6, 6.07) is 0.700. The van der Waals surface area contributed by atoms with Crippen LogP contribution in [0, 0.1) is 11.8 Å². The fourth-order valence-electron chi connectivity index (χ4n) is 3.98. The van der Waals surface area contributed by atoms with E-state index in [0.717, 1.165) is 25.0 Å². The number of nitrogens with one attached hydrogen (secondary N) is 1. The Bertz CT molecular complexity index is 229. The molecular formula is C17H33NO. The summed E-state index contributed by atoms with van der Waals surface area (Å²) >= 11 is 0. The van der Waals surface area contributed by atoms with Crippen molar-refractivity contribution >= 4 is 0 Å². The predicted molar refractivity (Wildman–Crippen MR) is 81.4 cm³/mol. The highest BCUT2D eigenvalue weighted by Crippen LogP contribution is 2.34. The predicted octanol–water partition coefficient (Wildman–Crippen LogP) is 4.14. The molecule has 1 aliphatic carbocycles. The maximum absolute atomic E-state index is 5.95. The van der Waals surface area contributed by atoms with Crippen molar-refractivity contribution in [1.82, 2.24) is 5.32 Å². The van der Waals surface area contributed by atoms with Crippen LogP contribution in [0.25, 0.3) is 0 Å².